The zero-order chi connectivity index (χ0) is 13.1. The molecule has 0 aliphatic heterocycles. The number of pyridine rings is 1. The van der Waals surface area contributed by atoms with Crippen molar-refractivity contribution < 1.29 is 4.79 Å². The Morgan fingerprint density at radius 2 is 2.12 bits per heavy atom. The summed E-state index contributed by atoms with van der Waals surface area (Å²) in [6.07, 6.45) is 1.53. The Morgan fingerprint density at radius 3 is 2.65 bits per heavy atom. The standard InChI is InChI=1S/C12H20N4O/c1-8-5-10(16-13)9(6-14-8)11(17)15-7-12(2,3)4/h5-6H,7,13H2,1-4H3,(H,14,16)(H,15,17). The maximum atomic E-state index is 11.9. The summed E-state index contributed by atoms with van der Waals surface area (Å²) in [4.78, 5) is 16.0. The van der Waals surface area contributed by atoms with Crippen molar-refractivity contribution in [3.8, 4) is 0 Å². The molecule has 0 fully saturated rings. The van der Waals surface area contributed by atoms with E-state index in [4.69, 9.17) is 5.84 Å². The number of rotatable bonds is 3. The van der Waals surface area contributed by atoms with Gasteiger partial charge in [-0.2, -0.15) is 0 Å². The van der Waals surface area contributed by atoms with Crippen molar-refractivity contribution in [1.29, 1.82) is 0 Å². The number of aryl methyl sites for hydroxylation is 1. The summed E-state index contributed by atoms with van der Waals surface area (Å²) < 4.78 is 0. The number of nitrogens with one attached hydrogen (secondary N) is 2. The highest BCUT2D eigenvalue weighted by Crippen LogP contribution is 2.15. The van der Waals surface area contributed by atoms with Crippen LogP contribution in [0.4, 0.5) is 5.69 Å². The van der Waals surface area contributed by atoms with Gasteiger partial charge in [-0.05, 0) is 18.4 Å². The Bertz CT molecular complexity index is 409. The molecular formula is C12H20N4O. The first-order chi connectivity index (χ1) is 7.83. The third kappa shape index (κ3) is 4.03. The SMILES string of the molecule is Cc1cc(NN)c(C(=O)NCC(C)(C)C)cn1. The van der Waals surface area contributed by atoms with Crippen LogP contribution in [0.3, 0.4) is 0 Å². The number of hydrogen-bond donors (Lipinski definition) is 3. The molecule has 1 aromatic heterocycles. The van der Waals surface area contributed by atoms with Gasteiger partial charge in [-0.25, -0.2) is 0 Å². The van der Waals surface area contributed by atoms with E-state index in [-0.39, 0.29) is 11.3 Å². The Kier molecular flexibility index (Phi) is 4.07. The van der Waals surface area contributed by atoms with E-state index in [0.717, 1.165) is 5.69 Å². The topological polar surface area (TPSA) is 80.0 Å². The Labute approximate surface area is 102 Å². The van der Waals surface area contributed by atoms with E-state index < -0.39 is 0 Å². The largest absolute Gasteiger partial charge is 0.351 e. The molecule has 0 saturated heterocycles. The lowest BCUT2D eigenvalue weighted by atomic mass is 9.97. The fourth-order valence-corrected chi connectivity index (χ4v) is 1.30. The number of amides is 1. The van der Waals surface area contributed by atoms with Crippen molar-refractivity contribution in [3.63, 3.8) is 0 Å². The summed E-state index contributed by atoms with van der Waals surface area (Å²) in [5.41, 5.74) is 4.42. The molecule has 5 nitrogen and oxygen atoms in total. The van der Waals surface area contributed by atoms with Crippen LogP contribution in [-0.4, -0.2) is 17.4 Å². The van der Waals surface area contributed by atoms with Crippen LogP contribution in [0.1, 0.15) is 36.8 Å². The van der Waals surface area contributed by atoms with Crippen molar-refractivity contribution in [3.05, 3.63) is 23.5 Å². The van der Waals surface area contributed by atoms with Crippen molar-refractivity contribution >= 4 is 11.6 Å². The quantitative estimate of drug-likeness (QED) is 0.548. The Balaban J connectivity index is 2.82. The van der Waals surface area contributed by atoms with E-state index in [0.29, 0.717) is 17.8 Å². The van der Waals surface area contributed by atoms with Crippen LogP contribution in [-0.2, 0) is 0 Å². The Hall–Kier alpha value is -1.62. The second kappa shape index (κ2) is 5.14. The van der Waals surface area contributed by atoms with Crippen molar-refractivity contribution in [2.75, 3.05) is 12.0 Å². The van der Waals surface area contributed by atoms with Crippen LogP contribution >= 0.6 is 0 Å². The third-order valence-corrected chi connectivity index (χ3v) is 2.22. The number of nitrogens with two attached hydrogens (primary N) is 1. The third-order valence-electron chi connectivity index (χ3n) is 2.22. The number of carbonyl (C=O) groups is 1. The first kappa shape index (κ1) is 13.4. The highest BCUT2D eigenvalue weighted by atomic mass is 16.1. The van der Waals surface area contributed by atoms with Gasteiger partial charge in [0, 0.05) is 18.4 Å². The van der Waals surface area contributed by atoms with E-state index in [1.807, 2.05) is 6.92 Å². The average Bonchev–Trinajstić information content (AvgIpc) is 2.24. The fraction of sp³-hybridized carbons (Fsp3) is 0.500. The normalized spacial score (nSPS) is 11.1. The van der Waals surface area contributed by atoms with E-state index in [2.05, 4.69) is 36.5 Å². The first-order valence-electron chi connectivity index (χ1n) is 5.55. The Morgan fingerprint density at radius 1 is 1.47 bits per heavy atom. The van der Waals surface area contributed by atoms with Gasteiger partial charge in [0.2, 0.25) is 0 Å². The lowest BCUT2D eigenvalue weighted by Crippen LogP contribution is -2.33. The van der Waals surface area contributed by atoms with Gasteiger partial charge in [-0.1, -0.05) is 20.8 Å². The van der Waals surface area contributed by atoms with Crippen LogP contribution in [0.5, 0.6) is 0 Å². The minimum Gasteiger partial charge on any atom is -0.351 e. The molecule has 1 rings (SSSR count). The monoisotopic (exact) mass is 236 g/mol. The molecule has 0 radical (unpaired) electrons. The number of hydrogen-bond acceptors (Lipinski definition) is 4. The van der Waals surface area contributed by atoms with Gasteiger partial charge in [-0.3, -0.25) is 15.6 Å². The maximum absolute atomic E-state index is 11.9. The van der Waals surface area contributed by atoms with E-state index >= 15 is 0 Å². The molecule has 94 valence electrons. The number of nitrogens with zero attached hydrogens (tertiary/aromatic N) is 1. The predicted molar refractivity (Wildman–Crippen MR) is 68.6 cm³/mol. The van der Waals surface area contributed by atoms with Crippen molar-refractivity contribution in [2.24, 2.45) is 11.3 Å². The van der Waals surface area contributed by atoms with E-state index in [9.17, 15) is 4.79 Å². The number of anilines is 1. The van der Waals surface area contributed by atoms with E-state index in [1.165, 1.54) is 6.20 Å². The molecule has 1 heterocycles. The van der Waals surface area contributed by atoms with Crippen LogP contribution in [0.25, 0.3) is 0 Å². The molecule has 1 aromatic rings. The highest BCUT2D eigenvalue weighted by molar-refractivity contribution is 5.99. The average molecular weight is 236 g/mol. The predicted octanol–water partition coefficient (Wildman–Crippen LogP) is 1.45. The molecule has 0 bridgehead atoms. The first-order valence-corrected chi connectivity index (χ1v) is 5.55. The summed E-state index contributed by atoms with van der Waals surface area (Å²) in [5, 5.41) is 2.86. The molecule has 0 aromatic carbocycles. The molecule has 0 unspecified atom stereocenters. The van der Waals surface area contributed by atoms with Crippen LogP contribution < -0.4 is 16.6 Å². The lowest BCUT2D eigenvalue weighted by molar-refractivity contribution is 0.0939. The van der Waals surface area contributed by atoms with Crippen LogP contribution in [0.15, 0.2) is 12.3 Å². The lowest BCUT2D eigenvalue weighted by Gasteiger charge is -2.19. The maximum Gasteiger partial charge on any atom is 0.255 e. The molecule has 1 amide bonds. The molecule has 0 aliphatic carbocycles. The van der Waals surface area contributed by atoms with Gasteiger partial charge in [-0.15, -0.1) is 0 Å². The second-order valence-corrected chi connectivity index (χ2v) is 5.26. The summed E-state index contributed by atoms with van der Waals surface area (Å²) in [6, 6.07) is 1.74. The van der Waals surface area contributed by atoms with Gasteiger partial charge in [0.1, 0.15) is 0 Å². The van der Waals surface area contributed by atoms with Crippen LogP contribution in [0, 0.1) is 12.3 Å². The molecular weight excluding hydrogens is 216 g/mol. The zero-order valence-corrected chi connectivity index (χ0v) is 10.8. The van der Waals surface area contributed by atoms with Crippen molar-refractivity contribution in [2.45, 2.75) is 27.7 Å². The molecule has 0 aliphatic rings. The molecule has 0 saturated carbocycles. The fourth-order valence-electron chi connectivity index (χ4n) is 1.30. The zero-order valence-electron chi connectivity index (χ0n) is 10.8. The smallest absolute Gasteiger partial charge is 0.255 e. The van der Waals surface area contributed by atoms with Gasteiger partial charge < -0.3 is 10.7 Å². The molecule has 17 heavy (non-hydrogen) atoms. The minimum atomic E-state index is -0.166. The van der Waals surface area contributed by atoms with Crippen molar-refractivity contribution in [1.82, 2.24) is 10.3 Å². The molecule has 0 atom stereocenters. The van der Waals surface area contributed by atoms with Gasteiger partial charge >= 0.3 is 0 Å². The molecule has 5 heteroatoms. The number of aromatic nitrogens is 1. The summed E-state index contributed by atoms with van der Waals surface area (Å²) in [6.45, 7) is 8.62. The van der Waals surface area contributed by atoms with Gasteiger partial charge in [0.05, 0.1) is 11.3 Å². The minimum absolute atomic E-state index is 0.0457. The summed E-state index contributed by atoms with van der Waals surface area (Å²) in [7, 11) is 0. The molecule has 0 spiro atoms. The van der Waals surface area contributed by atoms with Gasteiger partial charge in [0.15, 0.2) is 0 Å². The summed E-state index contributed by atoms with van der Waals surface area (Å²) in [5.74, 6) is 5.22. The second-order valence-electron chi connectivity index (χ2n) is 5.26. The number of carbonyl (C=O) groups excluding carboxylic acids is 1. The molecule has 4 N–H and O–H groups in total. The van der Waals surface area contributed by atoms with Gasteiger partial charge in [0.25, 0.3) is 5.91 Å². The van der Waals surface area contributed by atoms with Crippen LogP contribution in [0.2, 0.25) is 0 Å². The number of nitrogen functional groups attached to an aromatic ring is 1. The highest BCUT2D eigenvalue weighted by Gasteiger charge is 2.15. The van der Waals surface area contributed by atoms with E-state index in [1.54, 1.807) is 6.07 Å². The summed E-state index contributed by atoms with van der Waals surface area (Å²) >= 11 is 0. The number of hydrazine groups is 1.